The van der Waals surface area contributed by atoms with Crippen LogP contribution in [0.1, 0.15) is 75.6 Å². The molecule has 2 aromatic carbocycles. The van der Waals surface area contributed by atoms with Gasteiger partial charge < -0.3 is 16.5 Å². The number of hydrogen-bond donors (Lipinski definition) is 0. The molecular formula is C39H72N2O6Si6. The number of carbonyl (C=O) groups excluding carboxylic acids is 2. The molecule has 0 radical (unpaired) electrons. The summed E-state index contributed by atoms with van der Waals surface area (Å²) < 4.78 is 26.3. The summed E-state index contributed by atoms with van der Waals surface area (Å²) in [5.74, 6) is 0.764. The molecule has 0 aliphatic carbocycles. The Morgan fingerprint density at radius 1 is 0.623 bits per heavy atom. The van der Waals surface area contributed by atoms with E-state index in [2.05, 4.69) is 139 Å². The van der Waals surface area contributed by atoms with Crippen molar-refractivity contribution in [3.05, 3.63) is 70.8 Å². The van der Waals surface area contributed by atoms with E-state index in [1.54, 1.807) is 12.2 Å². The zero-order valence-corrected chi connectivity index (χ0v) is 42.8. The van der Waals surface area contributed by atoms with Crippen molar-refractivity contribution in [2.75, 3.05) is 0 Å². The minimum absolute atomic E-state index is 0.314. The molecule has 0 aliphatic heterocycles. The third kappa shape index (κ3) is 18.7. The third-order valence-corrected chi connectivity index (χ3v) is 27.8. The van der Waals surface area contributed by atoms with Crippen LogP contribution in [0.2, 0.25) is 97.2 Å². The topological polar surface area (TPSA) is 95.8 Å². The molecule has 2 unspecified atom stereocenters. The molecule has 298 valence electrons. The zero-order valence-electron chi connectivity index (χ0n) is 36.6. The van der Waals surface area contributed by atoms with Gasteiger partial charge in [0.15, 0.2) is 42.3 Å². The van der Waals surface area contributed by atoms with Gasteiger partial charge in [-0.05, 0) is 152 Å². The normalized spacial score (nSPS) is 14.4. The molecule has 0 spiro atoms. The van der Waals surface area contributed by atoms with Crippen LogP contribution in [0.15, 0.2) is 58.5 Å². The van der Waals surface area contributed by atoms with E-state index < -0.39 is 62.2 Å². The van der Waals surface area contributed by atoms with Crippen molar-refractivity contribution in [2.45, 2.75) is 162 Å². The molecule has 14 heteroatoms. The predicted octanol–water partition coefficient (Wildman–Crippen LogP) is 11.4. The lowest BCUT2D eigenvalue weighted by molar-refractivity contribution is 0.260. The van der Waals surface area contributed by atoms with E-state index in [4.69, 9.17) is 16.5 Å². The Balaban J connectivity index is 0.000000561. The quantitative estimate of drug-likeness (QED) is 0.0843. The molecule has 0 bridgehead atoms. The average Bonchev–Trinajstić information content (AvgIpc) is 2.93. The molecule has 2 atom stereocenters. The summed E-state index contributed by atoms with van der Waals surface area (Å²) in [6.07, 6.45) is 3.38. The van der Waals surface area contributed by atoms with Gasteiger partial charge in [0.2, 0.25) is 12.2 Å². The summed E-state index contributed by atoms with van der Waals surface area (Å²) in [5.41, 5.74) is 3.50. The second-order valence-corrected chi connectivity index (χ2v) is 42.6. The van der Waals surface area contributed by atoms with Crippen LogP contribution >= 0.6 is 0 Å². The Labute approximate surface area is 330 Å². The van der Waals surface area contributed by atoms with Gasteiger partial charge in [-0.2, -0.15) is 9.98 Å². The Morgan fingerprint density at radius 3 is 1.30 bits per heavy atom. The Kier molecular flexibility index (Phi) is 18.1. The highest BCUT2D eigenvalue weighted by molar-refractivity contribution is 6.89. The number of hydrogen-bond acceptors (Lipinski definition) is 8. The fourth-order valence-electron chi connectivity index (χ4n) is 6.92. The van der Waals surface area contributed by atoms with Gasteiger partial charge in [-0.25, -0.2) is 9.59 Å². The lowest BCUT2D eigenvalue weighted by Gasteiger charge is -2.42. The Hall–Kier alpha value is -1.66. The van der Waals surface area contributed by atoms with Crippen molar-refractivity contribution >= 4 is 63.3 Å². The van der Waals surface area contributed by atoms with Crippen molar-refractivity contribution < 1.29 is 26.0 Å². The molecule has 8 nitrogen and oxygen atoms in total. The van der Waals surface area contributed by atoms with Gasteiger partial charge in [-0.3, -0.25) is 0 Å². The fourth-order valence-corrected chi connectivity index (χ4v) is 30.7. The average molecular weight is 834 g/mol. The van der Waals surface area contributed by atoms with Crippen molar-refractivity contribution in [1.82, 2.24) is 0 Å². The van der Waals surface area contributed by atoms with Crippen LogP contribution in [0.25, 0.3) is 0 Å². The summed E-state index contributed by atoms with van der Waals surface area (Å²) in [6.45, 7) is 41.1. The molecular weight excluding hydrogens is 761 g/mol. The number of rotatable bonds is 18. The molecule has 0 aliphatic rings. The van der Waals surface area contributed by atoms with Gasteiger partial charge in [-0.15, -0.1) is 0 Å². The van der Waals surface area contributed by atoms with Crippen LogP contribution in [0.5, 0.6) is 0 Å². The summed E-state index contributed by atoms with van der Waals surface area (Å²) in [7, 11) is -11.1. The summed E-state index contributed by atoms with van der Waals surface area (Å²) in [4.78, 5) is 29.3. The standard InChI is InChI=1S/C22H43NO4Si4.C17H29NO2Si2/c1-19(20-14-13-15-21(16-20)22(2,3)23-18-24)17-30(10,11)27-31(12,25-28(4,5)6)26-29(7,8)9;1-14(12-22(6,7)20-21(4)5)15-9-8-10-16(11-15)17(2,3)18-13-19/h13-16,19H,17H2,1-12H3;8-11,14,21H,12H2,1-7H3. The second-order valence-electron chi connectivity index (χ2n) is 19.1. The molecule has 0 saturated carbocycles. The number of aliphatic imine (C=N–C) groups is 2. The highest BCUT2D eigenvalue weighted by Crippen LogP contribution is 2.35. The Bertz CT molecular complexity index is 1560. The predicted molar refractivity (Wildman–Crippen MR) is 238 cm³/mol. The monoisotopic (exact) mass is 832 g/mol. The molecule has 53 heavy (non-hydrogen) atoms. The highest BCUT2D eigenvalue weighted by Gasteiger charge is 2.47. The van der Waals surface area contributed by atoms with Crippen molar-refractivity contribution in [3.63, 3.8) is 0 Å². The van der Waals surface area contributed by atoms with Crippen molar-refractivity contribution in [3.8, 4) is 0 Å². The van der Waals surface area contributed by atoms with Crippen molar-refractivity contribution in [1.29, 1.82) is 0 Å². The van der Waals surface area contributed by atoms with Crippen LogP contribution in [0.4, 0.5) is 0 Å². The molecule has 0 amide bonds. The van der Waals surface area contributed by atoms with Gasteiger partial charge in [0.05, 0.1) is 11.1 Å². The first-order valence-corrected chi connectivity index (χ1v) is 37.1. The van der Waals surface area contributed by atoms with Crippen LogP contribution < -0.4 is 0 Å². The molecule has 0 fully saturated rings. The van der Waals surface area contributed by atoms with Crippen LogP contribution in [0, 0.1) is 0 Å². The molecule has 2 aromatic rings. The van der Waals surface area contributed by atoms with Gasteiger partial charge in [0.25, 0.3) is 0 Å². The first kappa shape index (κ1) is 49.4. The van der Waals surface area contributed by atoms with E-state index in [1.165, 1.54) is 11.1 Å². The Morgan fingerprint density at radius 2 is 0.981 bits per heavy atom. The van der Waals surface area contributed by atoms with Crippen LogP contribution in [-0.4, -0.2) is 63.3 Å². The zero-order chi connectivity index (χ0) is 41.3. The maximum Gasteiger partial charge on any atom is 0.466 e. The number of isocyanates is 2. The number of benzene rings is 2. The molecule has 2 rings (SSSR count). The maximum absolute atomic E-state index is 10.8. The van der Waals surface area contributed by atoms with E-state index in [0.29, 0.717) is 11.8 Å². The minimum atomic E-state index is -2.75. The summed E-state index contributed by atoms with van der Waals surface area (Å²) in [5, 5.41) is 0. The fraction of sp³-hybridized carbons (Fsp3) is 0.641. The van der Waals surface area contributed by atoms with Gasteiger partial charge >= 0.3 is 8.80 Å². The van der Waals surface area contributed by atoms with Gasteiger partial charge in [-0.1, -0.05) is 62.4 Å². The van der Waals surface area contributed by atoms with Crippen LogP contribution in [0.3, 0.4) is 0 Å². The lowest BCUT2D eigenvalue weighted by atomic mass is 9.91. The van der Waals surface area contributed by atoms with Gasteiger partial charge in [0.1, 0.15) is 0 Å². The first-order valence-electron chi connectivity index (χ1n) is 19.0. The molecule has 0 N–H and O–H groups in total. The first-order chi connectivity index (χ1) is 23.8. The van der Waals surface area contributed by atoms with Crippen molar-refractivity contribution in [2.24, 2.45) is 9.98 Å². The van der Waals surface area contributed by atoms with E-state index in [-0.39, 0.29) is 0 Å². The summed E-state index contributed by atoms with van der Waals surface area (Å²) >= 11 is 0. The molecule has 0 heterocycles. The SMILES string of the molecule is CC(C[Si](C)(C)O[SiH](C)C)c1cccc(C(C)(C)N=C=O)c1.CC(C[Si](C)(C)O[Si](C)(O[Si](C)(C)C)O[Si](C)(C)C)c1cccc(C(C)(C)N=C=O)c1. The minimum Gasteiger partial charge on any atom is -0.458 e. The van der Waals surface area contributed by atoms with E-state index in [0.717, 1.165) is 23.2 Å². The van der Waals surface area contributed by atoms with Crippen LogP contribution in [-0.2, 0) is 37.1 Å². The van der Waals surface area contributed by atoms with E-state index in [1.807, 2.05) is 45.9 Å². The lowest BCUT2D eigenvalue weighted by Crippen LogP contribution is -2.59. The largest absolute Gasteiger partial charge is 0.466 e. The second kappa shape index (κ2) is 19.5. The molecule has 0 saturated heterocycles. The van der Waals surface area contributed by atoms with Gasteiger partial charge in [0, 0.05) is 6.55 Å². The van der Waals surface area contributed by atoms with E-state index in [9.17, 15) is 9.59 Å². The third-order valence-electron chi connectivity index (χ3n) is 8.57. The maximum atomic E-state index is 10.8. The number of nitrogens with zero attached hydrogens (tertiary/aromatic N) is 2. The summed E-state index contributed by atoms with van der Waals surface area (Å²) in [6, 6.07) is 18.8. The smallest absolute Gasteiger partial charge is 0.458 e. The molecule has 0 aromatic heterocycles. The highest BCUT2D eigenvalue weighted by atomic mass is 28.5. The van der Waals surface area contributed by atoms with E-state index >= 15 is 0 Å².